The average Bonchev–Trinajstić information content (AvgIpc) is 3.00. The third-order valence-corrected chi connectivity index (χ3v) is 7.46. The third kappa shape index (κ3) is 11.5. The molecule has 0 amide bonds. The summed E-state index contributed by atoms with van der Waals surface area (Å²) in [6.07, 6.45) is 4.36. The van der Waals surface area contributed by atoms with E-state index in [4.69, 9.17) is 9.47 Å². The standard InChI is InChI=1S/C36H43F3O4/c1-3-5-7-9-10-11-13-27-15-17-28(18-16-27)29-19-21-30(22-20-29)34(40)42-32-25-23-31(24-26-32)35(41)43-33(36(37,38)39)14-12-8-6-4-2/h15-26,33H,3-14H2,1-2H3. The fourth-order valence-electron chi connectivity index (χ4n) is 4.84. The van der Waals surface area contributed by atoms with E-state index in [-0.39, 0.29) is 17.7 Å². The summed E-state index contributed by atoms with van der Waals surface area (Å²) in [5.41, 5.74) is 3.66. The van der Waals surface area contributed by atoms with Crippen molar-refractivity contribution >= 4 is 11.9 Å². The summed E-state index contributed by atoms with van der Waals surface area (Å²) < 4.78 is 50.3. The van der Waals surface area contributed by atoms with Crippen molar-refractivity contribution in [3.63, 3.8) is 0 Å². The SMILES string of the molecule is CCCCCCCCc1ccc(-c2ccc(C(=O)Oc3ccc(C(=O)OC(CCCCCC)C(F)(F)F)cc3)cc2)cc1. The van der Waals surface area contributed by atoms with Crippen molar-refractivity contribution < 1.29 is 32.2 Å². The first kappa shape index (κ1) is 33.9. The molecule has 1 unspecified atom stereocenters. The molecule has 0 saturated heterocycles. The molecule has 7 heteroatoms. The molecule has 0 aliphatic carbocycles. The number of esters is 2. The molecule has 232 valence electrons. The molecule has 0 radical (unpaired) electrons. The van der Waals surface area contributed by atoms with Gasteiger partial charge in [0.1, 0.15) is 5.75 Å². The van der Waals surface area contributed by atoms with Crippen LogP contribution in [0, 0.1) is 0 Å². The Balaban J connectivity index is 1.51. The smallest absolute Gasteiger partial charge is 0.425 e. The van der Waals surface area contributed by atoms with Gasteiger partial charge in [-0.3, -0.25) is 0 Å². The summed E-state index contributed by atoms with van der Waals surface area (Å²) in [6.45, 7) is 4.19. The van der Waals surface area contributed by atoms with Crippen LogP contribution in [0.3, 0.4) is 0 Å². The number of aryl methyl sites for hydroxylation is 1. The Hall–Kier alpha value is -3.61. The molecule has 0 saturated carbocycles. The van der Waals surface area contributed by atoms with E-state index in [1.807, 2.05) is 19.1 Å². The van der Waals surface area contributed by atoms with Gasteiger partial charge in [-0.15, -0.1) is 0 Å². The number of unbranched alkanes of at least 4 members (excludes halogenated alkanes) is 8. The van der Waals surface area contributed by atoms with Gasteiger partial charge in [0, 0.05) is 0 Å². The Morgan fingerprint density at radius 3 is 1.70 bits per heavy atom. The van der Waals surface area contributed by atoms with Crippen LogP contribution in [0.15, 0.2) is 72.8 Å². The zero-order valence-electron chi connectivity index (χ0n) is 25.3. The number of halogens is 3. The lowest BCUT2D eigenvalue weighted by atomic mass is 10.00. The highest BCUT2D eigenvalue weighted by Crippen LogP contribution is 2.28. The van der Waals surface area contributed by atoms with Crippen LogP contribution in [-0.2, 0) is 11.2 Å². The fraction of sp³-hybridized carbons (Fsp3) is 0.444. The second-order valence-electron chi connectivity index (χ2n) is 11.0. The summed E-state index contributed by atoms with van der Waals surface area (Å²) in [5.74, 6) is -1.49. The molecule has 0 fully saturated rings. The number of alkyl halides is 3. The molecule has 43 heavy (non-hydrogen) atoms. The maximum atomic E-state index is 13.4. The normalized spacial score (nSPS) is 12.1. The first-order chi connectivity index (χ1) is 20.7. The van der Waals surface area contributed by atoms with E-state index in [9.17, 15) is 22.8 Å². The van der Waals surface area contributed by atoms with Crippen molar-refractivity contribution in [2.24, 2.45) is 0 Å². The van der Waals surface area contributed by atoms with Gasteiger partial charge in [0.2, 0.25) is 0 Å². The quantitative estimate of drug-likeness (QED) is 0.0884. The minimum absolute atomic E-state index is 0.0510. The van der Waals surface area contributed by atoms with Crippen LogP contribution < -0.4 is 4.74 Å². The first-order valence-electron chi connectivity index (χ1n) is 15.5. The Morgan fingerprint density at radius 2 is 1.12 bits per heavy atom. The van der Waals surface area contributed by atoms with E-state index < -0.39 is 24.2 Å². The van der Waals surface area contributed by atoms with Gasteiger partial charge >= 0.3 is 18.1 Å². The van der Waals surface area contributed by atoms with E-state index >= 15 is 0 Å². The summed E-state index contributed by atoms with van der Waals surface area (Å²) in [5, 5.41) is 0. The van der Waals surface area contributed by atoms with Gasteiger partial charge in [0.15, 0.2) is 6.10 Å². The number of benzene rings is 3. The molecule has 0 N–H and O–H groups in total. The lowest BCUT2D eigenvalue weighted by Gasteiger charge is -2.20. The van der Waals surface area contributed by atoms with E-state index in [1.54, 1.807) is 12.1 Å². The predicted molar refractivity (Wildman–Crippen MR) is 164 cm³/mol. The molecule has 0 heterocycles. The van der Waals surface area contributed by atoms with Crippen LogP contribution >= 0.6 is 0 Å². The molecule has 0 spiro atoms. The van der Waals surface area contributed by atoms with Gasteiger partial charge in [0.05, 0.1) is 11.1 Å². The number of hydrogen-bond acceptors (Lipinski definition) is 4. The van der Waals surface area contributed by atoms with Crippen molar-refractivity contribution in [1.29, 1.82) is 0 Å². The minimum atomic E-state index is -4.64. The van der Waals surface area contributed by atoms with Gasteiger partial charge < -0.3 is 9.47 Å². The summed E-state index contributed by atoms with van der Waals surface area (Å²) >= 11 is 0. The van der Waals surface area contributed by atoms with Crippen molar-refractivity contribution in [2.45, 2.75) is 103 Å². The van der Waals surface area contributed by atoms with Crippen molar-refractivity contribution in [3.05, 3.63) is 89.5 Å². The number of ether oxygens (including phenoxy) is 2. The van der Waals surface area contributed by atoms with E-state index in [1.165, 1.54) is 68.4 Å². The van der Waals surface area contributed by atoms with Crippen LogP contribution in [0.25, 0.3) is 11.1 Å². The second kappa shape index (κ2) is 17.5. The predicted octanol–water partition coefficient (Wildman–Crippen LogP) is 10.5. The Morgan fingerprint density at radius 1 is 0.628 bits per heavy atom. The molecular weight excluding hydrogens is 553 g/mol. The number of carbonyl (C=O) groups excluding carboxylic acids is 2. The molecule has 3 rings (SSSR count). The lowest BCUT2D eigenvalue weighted by molar-refractivity contribution is -0.206. The molecular formula is C36H43F3O4. The van der Waals surface area contributed by atoms with Gasteiger partial charge in [-0.1, -0.05) is 102 Å². The van der Waals surface area contributed by atoms with Crippen LogP contribution in [0.5, 0.6) is 5.75 Å². The number of hydrogen-bond donors (Lipinski definition) is 0. The highest BCUT2D eigenvalue weighted by atomic mass is 19.4. The lowest BCUT2D eigenvalue weighted by Crippen LogP contribution is -2.33. The molecule has 1 atom stereocenters. The molecule has 0 aliphatic heterocycles. The average molecular weight is 597 g/mol. The third-order valence-electron chi connectivity index (χ3n) is 7.46. The fourth-order valence-corrected chi connectivity index (χ4v) is 4.84. The van der Waals surface area contributed by atoms with Crippen LogP contribution in [-0.4, -0.2) is 24.2 Å². The monoisotopic (exact) mass is 596 g/mol. The van der Waals surface area contributed by atoms with Crippen molar-refractivity contribution in [2.75, 3.05) is 0 Å². The van der Waals surface area contributed by atoms with Gasteiger partial charge in [0.25, 0.3) is 0 Å². The molecule has 0 aliphatic rings. The highest BCUT2D eigenvalue weighted by Gasteiger charge is 2.42. The first-order valence-corrected chi connectivity index (χ1v) is 15.5. The molecule has 4 nitrogen and oxygen atoms in total. The molecule has 3 aromatic carbocycles. The van der Waals surface area contributed by atoms with E-state index in [0.29, 0.717) is 18.4 Å². The Labute approximate surface area is 253 Å². The maximum absolute atomic E-state index is 13.4. The molecule has 3 aromatic rings. The molecule has 0 aromatic heterocycles. The Bertz CT molecular complexity index is 1250. The molecule has 0 bridgehead atoms. The van der Waals surface area contributed by atoms with Gasteiger partial charge in [-0.25, -0.2) is 9.59 Å². The van der Waals surface area contributed by atoms with Gasteiger partial charge in [-0.05, 0) is 78.8 Å². The van der Waals surface area contributed by atoms with Crippen LogP contribution in [0.2, 0.25) is 0 Å². The topological polar surface area (TPSA) is 52.6 Å². The number of rotatable bonds is 17. The summed E-state index contributed by atoms with van der Waals surface area (Å²) in [7, 11) is 0. The maximum Gasteiger partial charge on any atom is 0.425 e. The van der Waals surface area contributed by atoms with Crippen LogP contribution in [0.4, 0.5) is 13.2 Å². The van der Waals surface area contributed by atoms with Crippen LogP contribution in [0.1, 0.15) is 111 Å². The van der Waals surface area contributed by atoms with Crippen molar-refractivity contribution in [1.82, 2.24) is 0 Å². The van der Waals surface area contributed by atoms with Crippen molar-refractivity contribution in [3.8, 4) is 16.9 Å². The van der Waals surface area contributed by atoms with E-state index in [2.05, 4.69) is 31.2 Å². The van der Waals surface area contributed by atoms with Gasteiger partial charge in [-0.2, -0.15) is 13.2 Å². The number of carbonyl (C=O) groups is 2. The second-order valence-corrected chi connectivity index (χ2v) is 11.0. The summed E-state index contributed by atoms with van der Waals surface area (Å²) in [4.78, 5) is 25.0. The minimum Gasteiger partial charge on any atom is -0.449 e. The van der Waals surface area contributed by atoms with E-state index in [0.717, 1.165) is 30.4 Å². The highest BCUT2D eigenvalue weighted by molar-refractivity contribution is 5.92. The zero-order chi connectivity index (χ0) is 31.1. The Kier molecular flexibility index (Phi) is 13.8. The summed E-state index contributed by atoms with van der Waals surface area (Å²) in [6, 6.07) is 20.9. The zero-order valence-corrected chi connectivity index (χ0v) is 25.3. The largest absolute Gasteiger partial charge is 0.449 e.